The number of nitriles is 2. The van der Waals surface area contributed by atoms with Gasteiger partial charge in [0.05, 0.1) is 23.1 Å². The Morgan fingerprint density at radius 3 is 2.67 bits per heavy atom. The van der Waals surface area contributed by atoms with E-state index < -0.39 is 0 Å². The summed E-state index contributed by atoms with van der Waals surface area (Å²) in [5, 5.41) is 29.8. The van der Waals surface area contributed by atoms with Crippen LogP contribution in [-0.4, -0.2) is 10.2 Å². The standard InChI is InChI=1S/C18H14BrN5/c19-16-11(7-20)5-2-6-12(16)15-13(8-21)17(10-3-1-4-10)23-18-14(15)9-22-24-18/h2,5-6,9-10,15H,1,3-4H2,(H2,22,23,24). The second-order valence-electron chi connectivity index (χ2n) is 6.13. The van der Waals surface area contributed by atoms with Gasteiger partial charge in [-0.1, -0.05) is 18.6 Å². The Morgan fingerprint density at radius 1 is 1.17 bits per heavy atom. The average molecular weight is 380 g/mol. The maximum Gasteiger partial charge on any atom is 0.156 e. The Hall–Kier alpha value is -2.57. The monoisotopic (exact) mass is 379 g/mol. The van der Waals surface area contributed by atoms with Crippen molar-refractivity contribution in [2.75, 3.05) is 5.32 Å². The minimum Gasteiger partial charge on any atom is -0.341 e. The van der Waals surface area contributed by atoms with E-state index >= 15 is 0 Å². The van der Waals surface area contributed by atoms with Gasteiger partial charge in [0.1, 0.15) is 6.07 Å². The summed E-state index contributed by atoms with van der Waals surface area (Å²) in [5.41, 5.74) is 4.14. The number of hydrogen-bond acceptors (Lipinski definition) is 4. The van der Waals surface area contributed by atoms with E-state index in [0.717, 1.165) is 45.5 Å². The van der Waals surface area contributed by atoms with Gasteiger partial charge in [0, 0.05) is 27.8 Å². The topological polar surface area (TPSA) is 88.3 Å². The van der Waals surface area contributed by atoms with E-state index in [9.17, 15) is 10.5 Å². The van der Waals surface area contributed by atoms with Gasteiger partial charge in [-0.25, -0.2) is 0 Å². The summed E-state index contributed by atoms with van der Waals surface area (Å²) in [4.78, 5) is 0. The zero-order valence-electron chi connectivity index (χ0n) is 12.8. The second kappa shape index (κ2) is 5.81. The van der Waals surface area contributed by atoms with Crippen molar-refractivity contribution in [3.05, 3.63) is 56.8 Å². The van der Waals surface area contributed by atoms with Gasteiger partial charge in [-0.15, -0.1) is 0 Å². The molecule has 2 aromatic rings. The largest absolute Gasteiger partial charge is 0.341 e. The quantitative estimate of drug-likeness (QED) is 0.818. The number of aromatic nitrogens is 2. The van der Waals surface area contributed by atoms with Crippen LogP contribution >= 0.6 is 15.9 Å². The van der Waals surface area contributed by atoms with Crippen LogP contribution in [0.5, 0.6) is 0 Å². The van der Waals surface area contributed by atoms with Crippen molar-refractivity contribution < 1.29 is 0 Å². The molecule has 0 saturated heterocycles. The van der Waals surface area contributed by atoms with Crippen molar-refractivity contribution in [3.63, 3.8) is 0 Å². The van der Waals surface area contributed by atoms with Gasteiger partial charge in [0.15, 0.2) is 5.82 Å². The zero-order chi connectivity index (χ0) is 16.7. The number of halogens is 1. The van der Waals surface area contributed by atoms with Crippen LogP contribution < -0.4 is 5.32 Å². The van der Waals surface area contributed by atoms with E-state index in [-0.39, 0.29) is 5.92 Å². The summed E-state index contributed by atoms with van der Waals surface area (Å²) < 4.78 is 0.743. The summed E-state index contributed by atoms with van der Waals surface area (Å²) in [7, 11) is 0. The maximum atomic E-state index is 9.88. The Labute approximate surface area is 148 Å². The molecule has 6 heteroatoms. The molecule has 118 valence electrons. The average Bonchev–Trinajstić information content (AvgIpc) is 3.00. The van der Waals surface area contributed by atoms with Crippen molar-refractivity contribution in [1.82, 2.24) is 10.2 Å². The Kier molecular flexibility index (Phi) is 3.63. The number of benzene rings is 1. The molecule has 4 rings (SSSR count). The molecular weight excluding hydrogens is 366 g/mol. The summed E-state index contributed by atoms with van der Waals surface area (Å²) in [6.07, 6.45) is 5.21. The first-order valence-electron chi connectivity index (χ1n) is 7.88. The molecule has 2 N–H and O–H groups in total. The molecule has 1 aromatic carbocycles. The van der Waals surface area contributed by atoms with Gasteiger partial charge in [-0.3, -0.25) is 5.10 Å². The van der Waals surface area contributed by atoms with Crippen molar-refractivity contribution in [2.45, 2.75) is 25.2 Å². The van der Waals surface area contributed by atoms with E-state index in [1.165, 1.54) is 6.42 Å². The molecule has 0 amide bonds. The number of nitrogens with zero attached hydrogens (tertiary/aromatic N) is 3. The molecule has 0 bridgehead atoms. The van der Waals surface area contributed by atoms with Crippen LogP contribution in [0.25, 0.3) is 0 Å². The Bertz CT molecular complexity index is 924. The van der Waals surface area contributed by atoms with Gasteiger partial charge in [-0.05, 0) is 40.4 Å². The third kappa shape index (κ3) is 2.15. The van der Waals surface area contributed by atoms with Crippen LogP contribution in [0.4, 0.5) is 5.82 Å². The molecule has 1 saturated carbocycles. The highest BCUT2D eigenvalue weighted by Gasteiger charge is 2.36. The highest BCUT2D eigenvalue weighted by Crippen LogP contribution is 2.47. The molecule has 1 aliphatic heterocycles. The smallest absolute Gasteiger partial charge is 0.156 e. The van der Waals surface area contributed by atoms with Gasteiger partial charge in [0.2, 0.25) is 0 Å². The van der Waals surface area contributed by atoms with Crippen molar-refractivity contribution in [1.29, 1.82) is 10.5 Å². The number of aromatic amines is 1. The van der Waals surface area contributed by atoms with Crippen molar-refractivity contribution in [3.8, 4) is 12.1 Å². The normalized spacial score (nSPS) is 19.7. The fourth-order valence-corrected chi connectivity index (χ4v) is 4.03. The Morgan fingerprint density at radius 2 is 2.00 bits per heavy atom. The number of allylic oxidation sites excluding steroid dienone is 2. The number of hydrogen-bond donors (Lipinski definition) is 2. The molecule has 2 aliphatic rings. The lowest BCUT2D eigenvalue weighted by molar-refractivity contribution is 0.366. The van der Waals surface area contributed by atoms with Crippen molar-refractivity contribution in [2.24, 2.45) is 5.92 Å². The van der Waals surface area contributed by atoms with Crippen LogP contribution in [0, 0.1) is 28.6 Å². The highest BCUT2D eigenvalue weighted by molar-refractivity contribution is 9.10. The third-order valence-electron chi connectivity index (χ3n) is 4.91. The molecule has 0 radical (unpaired) electrons. The molecule has 1 unspecified atom stereocenters. The minimum atomic E-state index is -0.219. The zero-order valence-corrected chi connectivity index (χ0v) is 14.4. The molecule has 0 spiro atoms. The fourth-order valence-electron chi connectivity index (χ4n) is 3.45. The van der Waals surface area contributed by atoms with E-state index in [1.807, 2.05) is 18.3 Å². The minimum absolute atomic E-state index is 0.219. The first-order valence-corrected chi connectivity index (χ1v) is 8.67. The lowest BCUT2D eigenvalue weighted by Crippen LogP contribution is -2.26. The molecule has 1 fully saturated rings. The number of rotatable bonds is 2. The van der Waals surface area contributed by atoms with Crippen LogP contribution in [-0.2, 0) is 0 Å². The van der Waals surface area contributed by atoms with Crippen LogP contribution in [0.1, 0.15) is 41.9 Å². The lowest BCUT2D eigenvalue weighted by atomic mass is 9.75. The van der Waals surface area contributed by atoms with Crippen LogP contribution in [0.2, 0.25) is 0 Å². The molecule has 1 atom stereocenters. The van der Waals surface area contributed by atoms with E-state index in [4.69, 9.17) is 0 Å². The van der Waals surface area contributed by atoms with Crippen LogP contribution in [0.15, 0.2) is 40.1 Å². The van der Waals surface area contributed by atoms with E-state index in [0.29, 0.717) is 11.5 Å². The molecule has 5 nitrogen and oxygen atoms in total. The first kappa shape index (κ1) is 15.0. The van der Waals surface area contributed by atoms with Gasteiger partial charge >= 0.3 is 0 Å². The number of nitrogens with one attached hydrogen (secondary N) is 2. The molecular formula is C18H14BrN5. The summed E-state index contributed by atoms with van der Waals surface area (Å²) in [5.74, 6) is 0.948. The second-order valence-corrected chi connectivity index (χ2v) is 6.93. The summed E-state index contributed by atoms with van der Waals surface area (Å²) >= 11 is 3.56. The number of anilines is 1. The first-order chi connectivity index (χ1) is 11.7. The maximum absolute atomic E-state index is 9.88. The molecule has 1 aliphatic carbocycles. The predicted octanol–water partition coefficient (Wildman–Crippen LogP) is 4.18. The Balaban J connectivity index is 1.94. The fraction of sp³-hybridized carbons (Fsp3) is 0.278. The predicted molar refractivity (Wildman–Crippen MR) is 92.9 cm³/mol. The SMILES string of the molecule is N#CC1=C(C2CCC2)Nc2n[nH]cc2C1c1cccc(C#N)c1Br. The van der Waals surface area contributed by atoms with Crippen molar-refractivity contribution >= 4 is 21.7 Å². The van der Waals surface area contributed by atoms with Gasteiger partial charge in [-0.2, -0.15) is 15.6 Å². The summed E-state index contributed by atoms with van der Waals surface area (Å²) in [6.45, 7) is 0. The van der Waals surface area contributed by atoms with Gasteiger partial charge in [0.25, 0.3) is 0 Å². The third-order valence-corrected chi connectivity index (χ3v) is 5.79. The highest BCUT2D eigenvalue weighted by atomic mass is 79.9. The number of fused-ring (bicyclic) bond motifs is 1. The van der Waals surface area contributed by atoms with Crippen LogP contribution in [0.3, 0.4) is 0 Å². The van der Waals surface area contributed by atoms with E-state index in [1.54, 1.807) is 6.07 Å². The molecule has 2 heterocycles. The lowest BCUT2D eigenvalue weighted by Gasteiger charge is -2.34. The van der Waals surface area contributed by atoms with E-state index in [2.05, 4.69) is 43.6 Å². The molecule has 1 aromatic heterocycles. The molecule has 24 heavy (non-hydrogen) atoms. The van der Waals surface area contributed by atoms with Gasteiger partial charge < -0.3 is 5.32 Å². The summed E-state index contributed by atoms with van der Waals surface area (Å²) in [6, 6.07) is 10.2. The number of H-pyrrole nitrogens is 1.